The van der Waals surface area contributed by atoms with Crippen molar-refractivity contribution in [3.63, 3.8) is 0 Å². The van der Waals surface area contributed by atoms with E-state index in [0.29, 0.717) is 0 Å². The van der Waals surface area contributed by atoms with Crippen LogP contribution in [-0.2, 0) is 5.60 Å². The molecule has 0 aliphatic heterocycles. The molecule has 1 heterocycles. The van der Waals surface area contributed by atoms with Crippen LogP contribution < -0.4 is 5.73 Å². The summed E-state index contributed by atoms with van der Waals surface area (Å²) in [6.07, 6.45) is 3.42. The smallest absolute Gasteiger partial charge is 0.108 e. The number of nitrogens with zero attached hydrogens (tertiary/aromatic N) is 1. The van der Waals surface area contributed by atoms with Crippen molar-refractivity contribution in [3.8, 4) is 0 Å². The Morgan fingerprint density at radius 1 is 1.40 bits per heavy atom. The zero-order valence-electron chi connectivity index (χ0n) is 9.91. The van der Waals surface area contributed by atoms with Crippen molar-refractivity contribution < 1.29 is 5.11 Å². The number of aryl methyl sites for hydroxylation is 1. The van der Waals surface area contributed by atoms with Gasteiger partial charge in [0.25, 0.3) is 0 Å². The second kappa shape index (κ2) is 3.91. The molecule has 1 unspecified atom stereocenters. The maximum atomic E-state index is 10.6. The summed E-state index contributed by atoms with van der Waals surface area (Å²) in [5.74, 6) is 0. The van der Waals surface area contributed by atoms with Crippen LogP contribution in [0.2, 0.25) is 0 Å². The first-order chi connectivity index (χ1) is 6.83. The van der Waals surface area contributed by atoms with Crippen LogP contribution >= 0.6 is 0 Å². The molecule has 0 radical (unpaired) electrons. The van der Waals surface area contributed by atoms with E-state index in [1.54, 1.807) is 12.4 Å². The van der Waals surface area contributed by atoms with Crippen LogP contribution in [-0.4, -0.2) is 16.6 Å². The van der Waals surface area contributed by atoms with E-state index < -0.39 is 5.60 Å². The Bertz CT molecular complexity index is 344. The van der Waals surface area contributed by atoms with E-state index in [-0.39, 0.29) is 12.0 Å². The molecule has 1 aromatic heterocycles. The molecule has 0 saturated heterocycles. The highest BCUT2D eigenvalue weighted by Gasteiger charge is 2.41. The fourth-order valence-electron chi connectivity index (χ4n) is 1.72. The van der Waals surface area contributed by atoms with E-state index >= 15 is 0 Å². The number of hydrogen-bond donors (Lipinski definition) is 2. The topological polar surface area (TPSA) is 59.1 Å². The second-order valence-electron chi connectivity index (χ2n) is 5.00. The molecule has 15 heavy (non-hydrogen) atoms. The molecule has 1 rings (SSSR count). The van der Waals surface area contributed by atoms with Crippen LogP contribution in [0.1, 0.15) is 31.9 Å². The minimum absolute atomic E-state index is 0.197. The van der Waals surface area contributed by atoms with E-state index in [1.165, 1.54) is 0 Å². The summed E-state index contributed by atoms with van der Waals surface area (Å²) in [6.45, 7) is 8.09. The van der Waals surface area contributed by atoms with Crippen LogP contribution in [0.25, 0.3) is 0 Å². The Morgan fingerprint density at radius 2 is 2.00 bits per heavy atom. The number of nitrogens with two attached hydrogens (primary N) is 1. The molecule has 0 saturated carbocycles. The van der Waals surface area contributed by atoms with Crippen molar-refractivity contribution in [3.05, 3.63) is 29.6 Å². The van der Waals surface area contributed by atoms with Crippen LogP contribution in [0.3, 0.4) is 0 Å². The van der Waals surface area contributed by atoms with Crippen LogP contribution in [0.15, 0.2) is 18.5 Å². The monoisotopic (exact) mass is 208 g/mol. The standard InChI is InChI=1S/C12H20N2O/c1-9-5-6-14-7-10(9)12(15,8-13)11(2,3)4/h5-7,15H,8,13H2,1-4H3. The maximum absolute atomic E-state index is 10.6. The first-order valence-electron chi connectivity index (χ1n) is 5.16. The summed E-state index contributed by atoms with van der Waals surface area (Å²) in [5.41, 5.74) is 6.22. The first-order valence-corrected chi connectivity index (χ1v) is 5.16. The highest BCUT2D eigenvalue weighted by Crippen LogP contribution is 2.39. The molecule has 1 atom stereocenters. The molecular formula is C12H20N2O. The Labute approximate surface area is 91.3 Å². The molecule has 0 spiro atoms. The van der Waals surface area contributed by atoms with E-state index in [1.807, 2.05) is 33.8 Å². The summed E-state index contributed by atoms with van der Waals surface area (Å²) < 4.78 is 0. The fourth-order valence-corrected chi connectivity index (χ4v) is 1.72. The molecule has 3 N–H and O–H groups in total. The van der Waals surface area contributed by atoms with Gasteiger partial charge in [-0.05, 0) is 24.0 Å². The lowest BCUT2D eigenvalue weighted by atomic mass is 9.71. The van der Waals surface area contributed by atoms with Crippen LogP contribution in [0, 0.1) is 12.3 Å². The van der Waals surface area contributed by atoms with Crippen LogP contribution in [0.4, 0.5) is 0 Å². The zero-order valence-corrected chi connectivity index (χ0v) is 9.91. The highest BCUT2D eigenvalue weighted by molar-refractivity contribution is 5.30. The number of aliphatic hydroxyl groups is 1. The third-order valence-electron chi connectivity index (χ3n) is 3.02. The molecule has 0 amide bonds. The summed E-state index contributed by atoms with van der Waals surface area (Å²) in [6, 6.07) is 1.89. The second-order valence-corrected chi connectivity index (χ2v) is 5.00. The SMILES string of the molecule is Cc1ccncc1C(O)(CN)C(C)(C)C. The van der Waals surface area contributed by atoms with Gasteiger partial charge >= 0.3 is 0 Å². The molecule has 1 aromatic rings. The maximum Gasteiger partial charge on any atom is 0.108 e. The molecular weight excluding hydrogens is 188 g/mol. The quantitative estimate of drug-likeness (QED) is 0.775. The third-order valence-corrected chi connectivity index (χ3v) is 3.02. The Morgan fingerprint density at radius 3 is 2.40 bits per heavy atom. The van der Waals surface area contributed by atoms with E-state index in [0.717, 1.165) is 11.1 Å². The predicted molar refractivity (Wildman–Crippen MR) is 61.4 cm³/mol. The normalized spacial score (nSPS) is 16.1. The minimum Gasteiger partial charge on any atom is -0.383 e. The molecule has 3 heteroatoms. The van der Waals surface area contributed by atoms with Gasteiger partial charge in [-0.1, -0.05) is 20.8 Å². The molecule has 0 fully saturated rings. The lowest BCUT2D eigenvalue weighted by Gasteiger charge is -2.40. The van der Waals surface area contributed by atoms with Gasteiger partial charge in [-0.25, -0.2) is 0 Å². The molecule has 0 aromatic carbocycles. The largest absolute Gasteiger partial charge is 0.383 e. The van der Waals surface area contributed by atoms with Crippen molar-refractivity contribution in [1.82, 2.24) is 4.98 Å². The van der Waals surface area contributed by atoms with Gasteiger partial charge < -0.3 is 10.8 Å². The van der Waals surface area contributed by atoms with Crippen molar-refractivity contribution in [2.75, 3.05) is 6.54 Å². The first kappa shape index (κ1) is 12.1. The highest BCUT2D eigenvalue weighted by atomic mass is 16.3. The third kappa shape index (κ3) is 2.03. The van der Waals surface area contributed by atoms with Crippen molar-refractivity contribution in [2.24, 2.45) is 11.1 Å². The summed E-state index contributed by atoms with van der Waals surface area (Å²) in [5, 5.41) is 10.6. The van der Waals surface area contributed by atoms with Gasteiger partial charge in [-0.2, -0.15) is 0 Å². The molecule has 84 valence electrons. The van der Waals surface area contributed by atoms with E-state index in [9.17, 15) is 5.11 Å². The molecule has 0 aliphatic rings. The average molecular weight is 208 g/mol. The Kier molecular flexibility index (Phi) is 3.16. The van der Waals surface area contributed by atoms with Gasteiger partial charge in [0, 0.05) is 24.5 Å². The Balaban J connectivity index is 3.30. The molecule has 0 aliphatic carbocycles. The van der Waals surface area contributed by atoms with Crippen molar-refractivity contribution in [2.45, 2.75) is 33.3 Å². The summed E-state index contributed by atoms with van der Waals surface area (Å²) in [4.78, 5) is 4.06. The zero-order chi connectivity index (χ0) is 11.7. The van der Waals surface area contributed by atoms with Gasteiger partial charge in [-0.15, -0.1) is 0 Å². The van der Waals surface area contributed by atoms with Gasteiger partial charge in [0.1, 0.15) is 5.60 Å². The van der Waals surface area contributed by atoms with Gasteiger partial charge in [-0.3, -0.25) is 4.98 Å². The number of aromatic nitrogens is 1. The van der Waals surface area contributed by atoms with E-state index in [4.69, 9.17) is 5.73 Å². The van der Waals surface area contributed by atoms with Crippen molar-refractivity contribution in [1.29, 1.82) is 0 Å². The van der Waals surface area contributed by atoms with Gasteiger partial charge in [0.2, 0.25) is 0 Å². The minimum atomic E-state index is -1.02. The molecule has 0 bridgehead atoms. The Hall–Kier alpha value is -0.930. The fraction of sp³-hybridized carbons (Fsp3) is 0.583. The number of pyridine rings is 1. The predicted octanol–water partition coefficient (Wildman–Crippen LogP) is 1.58. The lowest BCUT2D eigenvalue weighted by molar-refractivity contribution is -0.0564. The van der Waals surface area contributed by atoms with Crippen molar-refractivity contribution >= 4 is 0 Å². The van der Waals surface area contributed by atoms with Crippen LogP contribution in [0.5, 0.6) is 0 Å². The lowest BCUT2D eigenvalue weighted by Crippen LogP contribution is -2.46. The van der Waals surface area contributed by atoms with Gasteiger partial charge in [0.05, 0.1) is 0 Å². The van der Waals surface area contributed by atoms with Gasteiger partial charge in [0.15, 0.2) is 0 Å². The summed E-state index contributed by atoms with van der Waals surface area (Å²) in [7, 11) is 0. The number of hydrogen-bond acceptors (Lipinski definition) is 3. The van der Waals surface area contributed by atoms with E-state index in [2.05, 4.69) is 4.98 Å². The molecule has 3 nitrogen and oxygen atoms in total. The summed E-state index contributed by atoms with van der Waals surface area (Å²) >= 11 is 0. The number of rotatable bonds is 2. The average Bonchev–Trinajstić information content (AvgIpc) is 2.15.